The van der Waals surface area contributed by atoms with Crippen LogP contribution in [0, 0.1) is 11.6 Å². The van der Waals surface area contributed by atoms with Crippen molar-refractivity contribution in [2.24, 2.45) is 0 Å². The zero-order chi connectivity index (χ0) is 18.4. The second kappa shape index (κ2) is 9.05. The minimum Gasteiger partial charge on any atom is -0.462 e. The van der Waals surface area contributed by atoms with Crippen molar-refractivity contribution >= 4 is 43.7 Å². The lowest BCUT2D eigenvalue weighted by Gasteiger charge is -2.08. The van der Waals surface area contributed by atoms with Gasteiger partial charge in [0.2, 0.25) is 0 Å². The topological polar surface area (TPSA) is 55.4 Å². The van der Waals surface area contributed by atoms with E-state index < -0.39 is 23.5 Å². The molecule has 0 heterocycles. The Balaban J connectivity index is 1.76. The molecular formula is C17H13Br2F2NO3. The van der Waals surface area contributed by atoms with Crippen molar-refractivity contribution in [2.75, 3.05) is 13.2 Å². The highest BCUT2D eigenvalue weighted by atomic mass is 79.9. The van der Waals surface area contributed by atoms with Gasteiger partial charge >= 0.3 is 5.97 Å². The van der Waals surface area contributed by atoms with Crippen LogP contribution in [0.1, 0.15) is 27.1 Å². The molecule has 1 N–H and O–H groups in total. The van der Waals surface area contributed by atoms with Gasteiger partial charge in [-0.05, 0) is 42.8 Å². The van der Waals surface area contributed by atoms with Crippen molar-refractivity contribution in [3.8, 4) is 0 Å². The summed E-state index contributed by atoms with van der Waals surface area (Å²) < 4.78 is 33.2. The maximum Gasteiger partial charge on any atom is 0.341 e. The molecule has 0 atom stereocenters. The van der Waals surface area contributed by atoms with Gasteiger partial charge < -0.3 is 10.1 Å². The molecule has 0 saturated heterocycles. The van der Waals surface area contributed by atoms with Crippen LogP contribution in [0.15, 0.2) is 45.3 Å². The van der Waals surface area contributed by atoms with Crippen LogP contribution >= 0.6 is 31.9 Å². The van der Waals surface area contributed by atoms with E-state index >= 15 is 0 Å². The Morgan fingerprint density at radius 3 is 2.08 bits per heavy atom. The third-order valence-corrected chi connectivity index (χ3v) is 4.15. The molecule has 0 aliphatic rings. The fraction of sp³-hybridized carbons (Fsp3) is 0.176. The molecular weight excluding hydrogens is 464 g/mol. The van der Waals surface area contributed by atoms with Crippen LogP contribution in [-0.2, 0) is 4.74 Å². The minimum absolute atomic E-state index is 0.00254. The van der Waals surface area contributed by atoms with Gasteiger partial charge in [-0.15, -0.1) is 0 Å². The van der Waals surface area contributed by atoms with Crippen LogP contribution in [0.4, 0.5) is 8.78 Å². The molecule has 0 radical (unpaired) electrons. The highest BCUT2D eigenvalue weighted by Crippen LogP contribution is 2.16. The van der Waals surface area contributed by atoms with E-state index in [1.807, 2.05) is 0 Å². The summed E-state index contributed by atoms with van der Waals surface area (Å²) in [5, 5.41) is 2.53. The summed E-state index contributed by atoms with van der Waals surface area (Å²) in [6.45, 7) is 0.182. The molecule has 0 fully saturated rings. The first-order valence-electron chi connectivity index (χ1n) is 7.24. The van der Waals surface area contributed by atoms with E-state index in [0.29, 0.717) is 15.4 Å². The number of amides is 1. The summed E-state index contributed by atoms with van der Waals surface area (Å²) >= 11 is 6.21. The second-order valence-corrected chi connectivity index (χ2v) is 6.83. The third kappa shape index (κ3) is 5.61. The van der Waals surface area contributed by atoms with Gasteiger partial charge in [-0.25, -0.2) is 13.6 Å². The quantitative estimate of drug-likeness (QED) is 0.494. The molecule has 8 heteroatoms. The van der Waals surface area contributed by atoms with Gasteiger partial charge in [-0.1, -0.05) is 31.9 Å². The van der Waals surface area contributed by atoms with E-state index in [-0.39, 0.29) is 24.3 Å². The average Bonchev–Trinajstić information content (AvgIpc) is 2.54. The third-order valence-electron chi connectivity index (χ3n) is 3.17. The van der Waals surface area contributed by atoms with Crippen LogP contribution in [0.3, 0.4) is 0 Å². The van der Waals surface area contributed by atoms with Crippen LogP contribution in [0.25, 0.3) is 0 Å². The molecule has 25 heavy (non-hydrogen) atoms. The van der Waals surface area contributed by atoms with E-state index in [1.165, 1.54) is 30.3 Å². The van der Waals surface area contributed by atoms with Crippen LogP contribution in [0.5, 0.6) is 0 Å². The van der Waals surface area contributed by atoms with Crippen molar-refractivity contribution in [1.82, 2.24) is 5.32 Å². The van der Waals surface area contributed by atoms with Crippen molar-refractivity contribution in [3.05, 3.63) is 68.1 Å². The number of nitrogens with one attached hydrogen (secondary N) is 1. The summed E-state index contributed by atoms with van der Waals surface area (Å²) in [4.78, 5) is 23.6. The number of carbonyl (C=O) groups excluding carboxylic acids is 2. The second-order valence-electron chi connectivity index (χ2n) is 4.99. The van der Waals surface area contributed by atoms with Gasteiger partial charge in [0.25, 0.3) is 5.91 Å². The van der Waals surface area contributed by atoms with Crippen LogP contribution in [-0.4, -0.2) is 25.0 Å². The Morgan fingerprint density at radius 2 is 1.52 bits per heavy atom. The Morgan fingerprint density at radius 1 is 0.960 bits per heavy atom. The molecule has 2 aromatic carbocycles. The number of benzene rings is 2. The number of carbonyl (C=O) groups is 2. The van der Waals surface area contributed by atoms with Crippen molar-refractivity contribution in [2.45, 2.75) is 6.42 Å². The van der Waals surface area contributed by atoms with Gasteiger partial charge in [-0.3, -0.25) is 4.79 Å². The fourth-order valence-corrected chi connectivity index (χ4v) is 2.61. The molecule has 1 amide bonds. The molecule has 0 saturated carbocycles. The van der Waals surface area contributed by atoms with E-state index in [1.54, 1.807) is 6.07 Å². The number of rotatable bonds is 6. The first-order valence-corrected chi connectivity index (χ1v) is 8.82. The Labute approximate surface area is 159 Å². The predicted molar refractivity (Wildman–Crippen MR) is 95.4 cm³/mol. The summed E-state index contributed by atoms with van der Waals surface area (Å²) in [5.74, 6) is -2.66. The van der Waals surface area contributed by atoms with E-state index in [9.17, 15) is 18.4 Å². The molecule has 2 aromatic rings. The summed E-state index contributed by atoms with van der Waals surface area (Å²) in [7, 11) is 0. The van der Waals surface area contributed by atoms with Crippen LogP contribution < -0.4 is 5.32 Å². The van der Waals surface area contributed by atoms with Gasteiger partial charge in [0.1, 0.15) is 11.6 Å². The van der Waals surface area contributed by atoms with Gasteiger partial charge in [0.15, 0.2) is 0 Å². The summed E-state index contributed by atoms with van der Waals surface area (Å²) in [5.41, 5.74) is -0.235. The van der Waals surface area contributed by atoms with Gasteiger partial charge in [-0.2, -0.15) is 0 Å². The molecule has 2 rings (SSSR count). The lowest BCUT2D eigenvalue weighted by Crippen LogP contribution is -2.26. The largest absolute Gasteiger partial charge is 0.462 e. The predicted octanol–water partition coefficient (Wildman–Crippen LogP) is 4.47. The Kier molecular flexibility index (Phi) is 7.07. The van der Waals surface area contributed by atoms with Crippen molar-refractivity contribution in [1.29, 1.82) is 0 Å². The highest BCUT2D eigenvalue weighted by molar-refractivity contribution is 9.10. The first kappa shape index (κ1) is 19.5. The maximum atomic E-state index is 13.6. The van der Waals surface area contributed by atoms with E-state index in [4.69, 9.17) is 4.74 Å². The number of hydrogen-bond donors (Lipinski definition) is 1. The van der Waals surface area contributed by atoms with Crippen molar-refractivity contribution in [3.63, 3.8) is 0 Å². The maximum absolute atomic E-state index is 13.6. The molecule has 0 unspecified atom stereocenters. The number of ether oxygens (including phenoxy) is 1. The average molecular weight is 477 g/mol. The standard InChI is InChI=1S/C17H13Br2F2NO3/c18-10-2-4-12(14(20)8-10)16(23)22-6-1-7-25-17(24)13-5-3-11(19)9-15(13)21/h2-5,8-9H,1,6-7H2,(H,22,23). The normalized spacial score (nSPS) is 10.4. The summed E-state index contributed by atoms with van der Waals surface area (Å²) in [6.07, 6.45) is 0.313. The molecule has 0 aliphatic heterocycles. The minimum atomic E-state index is -0.782. The lowest BCUT2D eigenvalue weighted by atomic mass is 10.2. The molecule has 0 aromatic heterocycles. The smallest absolute Gasteiger partial charge is 0.341 e. The summed E-state index contributed by atoms with van der Waals surface area (Å²) in [6, 6.07) is 8.15. The number of halogens is 4. The van der Waals surface area contributed by atoms with Gasteiger partial charge in [0.05, 0.1) is 17.7 Å². The monoisotopic (exact) mass is 475 g/mol. The Bertz CT molecular complexity index is 734. The highest BCUT2D eigenvalue weighted by Gasteiger charge is 2.14. The van der Waals surface area contributed by atoms with E-state index in [2.05, 4.69) is 37.2 Å². The zero-order valence-electron chi connectivity index (χ0n) is 12.8. The fourth-order valence-electron chi connectivity index (χ4n) is 1.94. The van der Waals surface area contributed by atoms with Gasteiger partial charge in [0, 0.05) is 15.5 Å². The lowest BCUT2D eigenvalue weighted by molar-refractivity contribution is 0.0495. The number of esters is 1. The molecule has 0 spiro atoms. The molecule has 132 valence electrons. The number of hydrogen-bond acceptors (Lipinski definition) is 3. The molecule has 4 nitrogen and oxygen atoms in total. The van der Waals surface area contributed by atoms with Crippen molar-refractivity contribution < 1.29 is 23.1 Å². The SMILES string of the molecule is O=C(NCCCOC(=O)c1ccc(Br)cc1F)c1ccc(Br)cc1F. The zero-order valence-corrected chi connectivity index (χ0v) is 16.0. The molecule has 0 aliphatic carbocycles. The Hall–Kier alpha value is -1.80. The van der Waals surface area contributed by atoms with E-state index in [0.717, 1.165) is 0 Å². The van der Waals surface area contributed by atoms with Crippen LogP contribution in [0.2, 0.25) is 0 Å². The first-order chi connectivity index (χ1) is 11.9. The molecule has 0 bridgehead atoms.